The third-order valence-corrected chi connectivity index (χ3v) is 3.53. The van der Waals surface area contributed by atoms with Crippen LogP contribution in [0.1, 0.15) is 18.9 Å². The van der Waals surface area contributed by atoms with Crippen LogP contribution in [0, 0.1) is 0 Å². The van der Waals surface area contributed by atoms with Crippen LogP contribution < -0.4 is 10.1 Å². The number of para-hydroxylation sites is 1. The molecule has 0 spiro atoms. The molecule has 2 amide bonds. The lowest BCUT2D eigenvalue weighted by atomic mass is 10.2. The number of nitrogens with zero attached hydrogens (tertiary/aromatic N) is 1. The Hall–Kier alpha value is -1.96. The highest BCUT2D eigenvalue weighted by Crippen LogP contribution is 2.22. The van der Waals surface area contributed by atoms with E-state index in [4.69, 9.17) is 9.47 Å². The van der Waals surface area contributed by atoms with Crippen molar-refractivity contribution in [3.05, 3.63) is 29.8 Å². The summed E-state index contributed by atoms with van der Waals surface area (Å²) in [5, 5.41) is 2.72. The van der Waals surface area contributed by atoms with E-state index in [2.05, 4.69) is 5.32 Å². The quantitative estimate of drug-likeness (QED) is 0.912. The van der Waals surface area contributed by atoms with Gasteiger partial charge in [-0.3, -0.25) is 0 Å². The SMILES string of the molecule is C[C@@H]1CN(C(=O)NCc2ccccc2OCC(F)(F)F)CCCO1. The molecule has 24 heavy (non-hydrogen) atoms. The molecule has 1 aliphatic heterocycles. The summed E-state index contributed by atoms with van der Waals surface area (Å²) in [6, 6.07) is 6.09. The van der Waals surface area contributed by atoms with Crippen molar-refractivity contribution in [2.75, 3.05) is 26.3 Å². The zero-order valence-corrected chi connectivity index (χ0v) is 13.4. The Morgan fingerprint density at radius 3 is 2.92 bits per heavy atom. The summed E-state index contributed by atoms with van der Waals surface area (Å²) in [5.74, 6) is 0.114. The van der Waals surface area contributed by atoms with Crippen LogP contribution in [-0.4, -0.2) is 49.5 Å². The molecule has 134 valence electrons. The minimum Gasteiger partial charge on any atom is -0.484 e. The van der Waals surface area contributed by atoms with Crippen LogP contribution in [0.4, 0.5) is 18.0 Å². The van der Waals surface area contributed by atoms with E-state index in [1.54, 1.807) is 23.1 Å². The summed E-state index contributed by atoms with van der Waals surface area (Å²) in [7, 11) is 0. The number of nitrogens with one attached hydrogen (secondary N) is 1. The van der Waals surface area contributed by atoms with E-state index in [-0.39, 0.29) is 24.4 Å². The van der Waals surface area contributed by atoms with E-state index in [9.17, 15) is 18.0 Å². The minimum atomic E-state index is -4.40. The topological polar surface area (TPSA) is 50.8 Å². The van der Waals surface area contributed by atoms with Crippen LogP contribution in [-0.2, 0) is 11.3 Å². The fraction of sp³-hybridized carbons (Fsp3) is 0.562. The van der Waals surface area contributed by atoms with Crippen molar-refractivity contribution in [1.29, 1.82) is 0 Å². The molecule has 1 fully saturated rings. The first-order valence-electron chi connectivity index (χ1n) is 7.77. The van der Waals surface area contributed by atoms with Crippen molar-refractivity contribution < 1.29 is 27.4 Å². The van der Waals surface area contributed by atoms with Crippen LogP contribution in [0.3, 0.4) is 0 Å². The predicted octanol–water partition coefficient (Wildman–Crippen LogP) is 2.95. The van der Waals surface area contributed by atoms with E-state index in [0.29, 0.717) is 25.3 Å². The summed E-state index contributed by atoms with van der Waals surface area (Å²) in [6.45, 7) is 2.31. The third kappa shape index (κ3) is 5.92. The molecule has 1 atom stereocenters. The number of ether oxygens (including phenoxy) is 2. The molecular formula is C16H21F3N2O3. The van der Waals surface area contributed by atoms with Crippen molar-refractivity contribution in [1.82, 2.24) is 10.2 Å². The lowest BCUT2D eigenvalue weighted by Gasteiger charge is -2.23. The lowest BCUT2D eigenvalue weighted by Crippen LogP contribution is -2.42. The van der Waals surface area contributed by atoms with Gasteiger partial charge in [0.05, 0.1) is 6.10 Å². The zero-order valence-electron chi connectivity index (χ0n) is 13.4. The maximum atomic E-state index is 12.3. The van der Waals surface area contributed by atoms with Gasteiger partial charge in [0.15, 0.2) is 6.61 Å². The van der Waals surface area contributed by atoms with Crippen molar-refractivity contribution in [2.24, 2.45) is 0 Å². The van der Waals surface area contributed by atoms with Crippen molar-refractivity contribution >= 4 is 6.03 Å². The maximum absolute atomic E-state index is 12.3. The number of halogens is 3. The number of rotatable bonds is 4. The zero-order chi connectivity index (χ0) is 17.6. The molecule has 1 aromatic rings. The number of urea groups is 1. The Labute approximate surface area is 138 Å². The number of benzene rings is 1. The molecule has 0 radical (unpaired) electrons. The Balaban J connectivity index is 1.92. The molecule has 0 saturated carbocycles. The van der Waals surface area contributed by atoms with Gasteiger partial charge in [0.1, 0.15) is 5.75 Å². The van der Waals surface area contributed by atoms with Crippen molar-refractivity contribution in [3.63, 3.8) is 0 Å². The highest BCUT2D eigenvalue weighted by molar-refractivity contribution is 5.74. The number of carbonyl (C=O) groups is 1. The Morgan fingerprint density at radius 1 is 1.42 bits per heavy atom. The van der Waals surface area contributed by atoms with E-state index in [0.717, 1.165) is 6.42 Å². The van der Waals surface area contributed by atoms with Gasteiger partial charge in [0.2, 0.25) is 0 Å². The first-order valence-corrected chi connectivity index (χ1v) is 7.77. The van der Waals surface area contributed by atoms with Gasteiger partial charge in [0, 0.05) is 31.8 Å². The third-order valence-electron chi connectivity index (χ3n) is 3.53. The molecule has 1 heterocycles. The molecule has 1 N–H and O–H groups in total. The molecule has 0 unspecified atom stereocenters. The van der Waals surface area contributed by atoms with Crippen LogP contribution >= 0.6 is 0 Å². The second-order valence-corrected chi connectivity index (χ2v) is 5.65. The Kier molecular flexibility index (Phi) is 6.30. The second-order valence-electron chi connectivity index (χ2n) is 5.65. The average Bonchev–Trinajstić information content (AvgIpc) is 2.75. The van der Waals surface area contributed by atoms with Gasteiger partial charge in [-0.25, -0.2) is 4.79 Å². The predicted molar refractivity (Wildman–Crippen MR) is 81.8 cm³/mol. The molecule has 0 bridgehead atoms. The lowest BCUT2D eigenvalue weighted by molar-refractivity contribution is -0.153. The van der Waals surface area contributed by atoms with Gasteiger partial charge in [-0.1, -0.05) is 18.2 Å². The number of amides is 2. The first-order chi connectivity index (χ1) is 11.3. The number of carbonyl (C=O) groups excluding carboxylic acids is 1. The largest absolute Gasteiger partial charge is 0.484 e. The summed E-state index contributed by atoms with van der Waals surface area (Å²) in [5.41, 5.74) is 0.495. The minimum absolute atomic E-state index is 0.0411. The van der Waals surface area contributed by atoms with Gasteiger partial charge < -0.3 is 19.7 Å². The second kappa shape index (κ2) is 8.23. The molecule has 1 aromatic carbocycles. The molecule has 5 nitrogen and oxygen atoms in total. The summed E-state index contributed by atoms with van der Waals surface area (Å²) < 4.78 is 47.2. The van der Waals surface area contributed by atoms with Crippen molar-refractivity contribution in [3.8, 4) is 5.75 Å². The number of hydrogen-bond donors (Lipinski definition) is 1. The van der Waals surface area contributed by atoms with Gasteiger partial charge in [0.25, 0.3) is 0 Å². The van der Waals surface area contributed by atoms with Crippen molar-refractivity contribution in [2.45, 2.75) is 32.2 Å². The van der Waals surface area contributed by atoms with E-state index in [1.165, 1.54) is 6.07 Å². The van der Waals surface area contributed by atoms with E-state index in [1.807, 2.05) is 6.92 Å². The summed E-state index contributed by atoms with van der Waals surface area (Å²) in [4.78, 5) is 13.9. The molecule has 1 saturated heterocycles. The Morgan fingerprint density at radius 2 is 2.17 bits per heavy atom. The molecule has 1 aliphatic rings. The van der Waals surface area contributed by atoms with Crippen LogP contribution in [0.25, 0.3) is 0 Å². The summed E-state index contributed by atoms with van der Waals surface area (Å²) >= 11 is 0. The monoisotopic (exact) mass is 346 g/mol. The van der Waals surface area contributed by atoms with Gasteiger partial charge in [-0.15, -0.1) is 0 Å². The molecule has 0 aromatic heterocycles. The highest BCUT2D eigenvalue weighted by atomic mass is 19.4. The smallest absolute Gasteiger partial charge is 0.422 e. The number of alkyl halides is 3. The molecule has 8 heteroatoms. The van der Waals surface area contributed by atoms with Gasteiger partial charge in [-0.2, -0.15) is 13.2 Å². The number of hydrogen-bond acceptors (Lipinski definition) is 3. The highest BCUT2D eigenvalue weighted by Gasteiger charge is 2.28. The van der Waals surface area contributed by atoms with E-state index >= 15 is 0 Å². The van der Waals surface area contributed by atoms with E-state index < -0.39 is 12.8 Å². The Bertz CT molecular complexity index is 552. The maximum Gasteiger partial charge on any atom is 0.422 e. The van der Waals surface area contributed by atoms with Crippen LogP contribution in [0.2, 0.25) is 0 Å². The normalized spacial score (nSPS) is 18.8. The van der Waals surface area contributed by atoms with Gasteiger partial charge in [-0.05, 0) is 19.4 Å². The van der Waals surface area contributed by atoms with Crippen LogP contribution in [0.15, 0.2) is 24.3 Å². The van der Waals surface area contributed by atoms with Gasteiger partial charge >= 0.3 is 12.2 Å². The molecular weight excluding hydrogens is 325 g/mol. The molecule has 2 rings (SSSR count). The molecule has 0 aliphatic carbocycles. The summed E-state index contributed by atoms with van der Waals surface area (Å²) in [6.07, 6.45) is -3.69. The fourth-order valence-electron chi connectivity index (χ4n) is 2.41. The average molecular weight is 346 g/mol. The van der Waals surface area contributed by atoms with Crippen LogP contribution in [0.5, 0.6) is 5.75 Å². The first kappa shape index (κ1) is 18.4. The standard InChI is InChI=1S/C16H21F3N2O3/c1-12-10-21(7-4-8-23-12)15(22)20-9-13-5-2-3-6-14(13)24-11-16(17,18)19/h2-3,5-6,12H,4,7-11H2,1H3,(H,20,22)/t12-/m1/s1. The fourth-order valence-corrected chi connectivity index (χ4v) is 2.41.